The Labute approximate surface area is 133 Å². The highest BCUT2D eigenvalue weighted by molar-refractivity contribution is 5.70. The first-order valence-corrected chi connectivity index (χ1v) is 7.15. The molecule has 0 radical (unpaired) electrons. The van der Waals surface area contributed by atoms with Crippen molar-refractivity contribution < 1.29 is 0 Å². The quantitative estimate of drug-likeness (QED) is 0.718. The fraction of sp³-hybridized carbons (Fsp3) is 0.0588. The summed E-state index contributed by atoms with van der Waals surface area (Å²) in [7, 11) is 0. The molecule has 6 heteroatoms. The first kappa shape index (κ1) is 14.6. The number of nitrogens with zero attached hydrogens (tertiary/aromatic N) is 4. The summed E-state index contributed by atoms with van der Waals surface area (Å²) in [4.78, 5) is 8.55. The van der Waals surface area contributed by atoms with Crippen molar-refractivity contribution in [3.8, 4) is 0 Å². The maximum atomic E-state index is 5.96. The largest absolute Gasteiger partial charge is 0.382 e. The Morgan fingerprint density at radius 2 is 1.30 bits per heavy atom. The van der Waals surface area contributed by atoms with Crippen LogP contribution in [0.4, 0.5) is 23.0 Å². The predicted octanol–water partition coefficient (Wildman–Crippen LogP) is 3.65. The normalized spacial score (nSPS) is 11.0. The van der Waals surface area contributed by atoms with Crippen molar-refractivity contribution in [3.63, 3.8) is 0 Å². The molecule has 2 aromatic carbocycles. The highest BCUT2D eigenvalue weighted by atomic mass is 15.2. The summed E-state index contributed by atoms with van der Waals surface area (Å²) in [5.41, 5.74) is 14.0. The standard InChI is InChI=1S/C17H16N6/c18-16-15(23-22-13-9-5-2-6-10-13)17(19)21-14(20-16)11-12-7-3-1-4-8-12/h1-10H,11H2,(H4,18,19,20,21). The van der Waals surface area contributed by atoms with E-state index in [4.69, 9.17) is 11.5 Å². The molecule has 1 heterocycles. The number of aromatic nitrogens is 2. The van der Waals surface area contributed by atoms with Crippen LogP contribution in [0.1, 0.15) is 11.4 Å². The molecule has 0 aliphatic heterocycles. The average Bonchev–Trinajstić information content (AvgIpc) is 2.56. The SMILES string of the molecule is Nc1nc(Cc2ccccc2)nc(N)c1N=Nc1ccccc1. The molecular weight excluding hydrogens is 288 g/mol. The minimum Gasteiger partial charge on any atom is -0.382 e. The molecule has 3 rings (SSSR count). The Hall–Kier alpha value is -3.28. The van der Waals surface area contributed by atoms with E-state index in [-0.39, 0.29) is 11.6 Å². The van der Waals surface area contributed by atoms with Crippen LogP contribution in [0.15, 0.2) is 70.9 Å². The predicted molar refractivity (Wildman–Crippen MR) is 90.7 cm³/mol. The van der Waals surface area contributed by atoms with Crippen LogP contribution in [0, 0.1) is 0 Å². The summed E-state index contributed by atoms with van der Waals surface area (Å²) in [6, 6.07) is 19.2. The topological polar surface area (TPSA) is 103 Å². The Kier molecular flexibility index (Phi) is 4.24. The van der Waals surface area contributed by atoms with Gasteiger partial charge in [-0.25, -0.2) is 9.97 Å². The molecule has 114 valence electrons. The Morgan fingerprint density at radius 3 is 1.91 bits per heavy atom. The number of nitrogens with two attached hydrogens (primary N) is 2. The molecule has 1 aromatic heterocycles. The van der Waals surface area contributed by atoms with Crippen LogP contribution >= 0.6 is 0 Å². The molecule has 0 aliphatic rings. The molecule has 0 spiro atoms. The van der Waals surface area contributed by atoms with Gasteiger partial charge in [0.15, 0.2) is 17.3 Å². The lowest BCUT2D eigenvalue weighted by atomic mass is 10.1. The van der Waals surface area contributed by atoms with Crippen LogP contribution in [0.5, 0.6) is 0 Å². The van der Waals surface area contributed by atoms with Crippen LogP contribution in [-0.2, 0) is 6.42 Å². The Bertz CT molecular complexity index is 792. The van der Waals surface area contributed by atoms with Crippen LogP contribution in [0.25, 0.3) is 0 Å². The number of azo groups is 1. The van der Waals surface area contributed by atoms with E-state index in [0.29, 0.717) is 23.6 Å². The van der Waals surface area contributed by atoms with E-state index in [1.54, 1.807) is 0 Å². The maximum Gasteiger partial charge on any atom is 0.170 e. The van der Waals surface area contributed by atoms with E-state index in [1.807, 2.05) is 60.7 Å². The van der Waals surface area contributed by atoms with Gasteiger partial charge in [-0.1, -0.05) is 48.5 Å². The molecule has 0 atom stereocenters. The van der Waals surface area contributed by atoms with E-state index in [2.05, 4.69) is 20.2 Å². The lowest BCUT2D eigenvalue weighted by Gasteiger charge is -2.06. The van der Waals surface area contributed by atoms with Crippen LogP contribution < -0.4 is 11.5 Å². The molecule has 0 aliphatic carbocycles. The molecule has 0 saturated heterocycles. The van der Waals surface area contributed by atoms with Crippen molar-refractivity contribution in [2.45, 2.75) is 6.42 Å². The monoisotopic (exact) mass is 304 g/mol. The number of anilines is 2. The maximum absolute atomic E-state index is 5.96. The van der Waals surface area contributed by atoms with Crippen molar-refractivity contribution in [1.29, 1.82) is 0 Å². The van der Waals surface area contributed by atoms with E-state index < -0.39 is 0 Å². The van der Waals surface area contributed by atoms with Gasteiger partial charge in [-0.2, -0.15) is 5.11 Å². The summed E-state index contributed by atoms with van der Waals surface area (Å²) in [6.07, 6.45) is 0.561. The van der Waals surface area contributed by atoms with Gasteiger partial charge in [0.2, 0.25) is 0 Å². The van der Waals surface area contributed by atoms with Crippen LogP contribution in [0.3, 0.4) is 0 Å². The van der Waals surface area contributed by atoms with Crippen molar-refractivity contribution in [2.75, 3.05) is 11.5 Å². The molecule has 0 amide bonds. The summed E-state index contributed by atoms with van der Waals surface area (Å²) in [6.45, 7) is 0. The summed E-state index contributed by atoms with van der Waals surface area (Å²) < 4.78 is 0. The van der Waals surface area contributed by atoms with Crippen molar-refractivity contribution in [2.24, 2.45) is 10.2 Å². The van der Waals surface area contributed by atoms with E-state index in [0.717, 1.165) is 5.56 Å². The zero-order valence-corrected chi connectivity index (χ0v) is 12.4. The zero-order valence-electron chi connectivity index (χ0n) is 12.4. The second-order valence-corrected chi connectivity index (χ2v) is 4.96. The molecule has 0 bridgehead atoms. The number of benzene rings is 2. The molecule has 0 fully saturated rings. The van der Waals surface area contributed by atoms with Crippen LogP contribution in [0.2, 0.25) is 0 Å². The van der Waals surface area contributed by atoms with E-state index >= 15 is 0 Å². The van der Waals surface area contributed by atoms with E-state index in [9.17, 15) is 0 Å². The molecular formula is C17H16N6. The van der Waals surface area contributed by atoms with Gasteiger partial charge in [0.05, 0.1) is 5.69 Å². The lowest BCUT2D eigenvalue weighted by molar-refractivity contribution is 0.975. The van der Waals surface area contributed by atoms with Gasteiger partial charge in [0.1, 0.15) is 5.82 Å². The highest BCUT2D eigenvalue weighted by Crippen LogP contribution is 2.28. The molecule has 3 aromatic rings. The molecule has 6 nitrogen and oxygen atoms in total. The first-order chi connectivity index (χ1) is 11.2. The van der Waals surface area contributed by atoms with Gasteiger partial charge >= 0.3 is 0 Å². The number of hydrogen-bond donors (Lipinski definition) is 2. The number of hydrogen-bond acceptors (Lipinski definition) is 6. The second kappa shape index (κ2) is 6.65. The minimum absolute atomic E-state index is 0.225. The zero-order chi connectivity index (χ0) is 16.1. The highest BCUT2D eigenvalue weighted by Gasteiger charge is 2.10. The molecule has 0 saturated carbocycles. The first-order valence-electron chi connectivity index (χ1n) is 7.15. The van der Waals surface area contributed by atoms with E-state index in [1.165, 1.54) is 0 Å². The lowest BCUT2D eigenvalue weighted by Crippen LogP contribution is -2.04. The fourth-order valence-corrected chi connectivity index (χ4v) is 2.10. The molecule has 0 unspecified atom stereocenters. The summed E-state index contributed by atoms with van der Waals surface area (Å²) in [5.74, 6) is 1.01. The van der Waals surface area contributed by atoms with Gasteiger partial charge in [-0.3, -0.25) is 0 Å². The van der Waals surface area contributed by atoms with Gasteiger partial charge in [0.25, 0.3) is 0 Å². The molecule has 4 N–H and O–H groups in total. The number of rotatable bonds is 4. The van der Waals surface area contributed by atoms with Crippen LogP contribution in [-0.4, -0.2) is 9.97 Å². The third-order valence-electron chi connectivity index (χ3n) is 3.21. The van der Waals surface area contributed by atoms with Crippen molar-refractivity contribution >= 4 is 23.0 Å². The smallest absolute Gasteiger partial charge is 0.170 e. The van der Waals surface area contributed by atoms with Gasteiger partial charge < -0.3 is 11.5 Å². The summed E-state index contributed by atoms with van der Waals surface area (Å²) >= 11 is 0. The third kappa shape index (κ3) is 3.68. The van der Waals surface area contributed by atoms with Crippen molar-refractivity contribution in [1.82, 2.24) is 9.97 Å². The Morgan fingerprint density at radius 1 is 0.739 bits per heavy atom. The second-order valence-electron chi connectivity index (χ2n) is 4.96. The third-order valence-corrected chi connectivity index (χ3v) is 3.21. The Balaban J connectivity index is 1.84. The van der Waals surface area contributed by atoms with Crippen molar-refractivity contribution in [3.05, 3.63) is 72.1 Å². The number of nitrogen functional groups attached to an aromatic ring is 2. The van der Waals surface area contributed by atoms with Gasteiger partial charge in [0, 0.05) is 6.42 Å². The van der Waals surface area contributed by atoms with Gasteiger partial charge in [-0.15, -0.1) is 5.11 Å². The van der Waals surface area contributed by atoms with Gasteiger partial charge in [-0.05, 0) is 17.7 Å². The fourth-order valence-electron chi connectivity index (χ4n) is 2.10. The average molecular weight is 304 g/mol. The minimum atomic E-state index is 0.225. The summed E-state index contributed by atoms with van der Waals surface area (Å²) in [5, 5.41) is 8.17. The molecule has 23 heavy (non-hydrogen) atoms.